The van der Waals surface area contributed by atoms with E-state index in [0.717, 1.165) is 39.9 Å². The SMILES string of the molecule is CCCN(Cc1ncc(-c2cc(F)c3c(c2)OC(c2ccc(CC)s2)n2c-3cc3cc(-c4cnc(CN(C(=O)OC(C)(C)C)C5C(C)C5C)[nH]4)ccc32)[nH]1)C(=O)C(NC)C(C)C. The first-order valence-corrected chi connectivity index (χ1v) is 22.7. The minimum Gasteiger partial charge on any atom is -0.464 e. The van der Waals surface area contributed by atoms with Gasteiger partial charge in [0.25, 0.3) is 0 Å². The summed E-state index contributed by atoms with van der Waals surface area (Å²) in [5.41, 5.74) is 4.35. The van der Waals surface area contributed by atoms with Gasteiger partial charge in [0.15, 0.2) is 0 Å². The van der Waals surface area contributed by atoms with Gasteiger partial charge in [-0.3, -0.25) is 14.3 Å². The third-order valence-electron chi connectivity index (χ3n) is 12.2. The Morgan fingerprint density at radius 3 is 2.27 bits per heavy atom. The zero-order valence-electron chi connectivity index (χ0n) is 37.4. The van der Waals surface area contributed by atoms with Crippen LogP contribution in [0.4, 0.5) is 9.18 Å². The van der Waals surface area contributed by atoms with Gasteiger partial charge in [0, 0.05) is 34.0 Å². The first-order chi connectivity index (χ1) is 29.6. The molecule has 2 aromatic carbocycles. The number of hydrogen-bond acceptors (Lipinski definition) is 8. The van der Waals surface area contributed by atoms with Gasteiger partial charge in [-0.05, 0) is 101 Å². The maximum absolute atomic E-state index is 16.7. The van der Waals surface area contributed by atoms with Crippen LogP contribution in [0.3, 0.4) is 0 Å². The van der Waals surface area contributed by atoms with Crippen molar-refractivity contribution in [3.05, 3.63) is 88.1 Å². The highest BCUT2D eigenvalue weighted by molar-refractivity contribution is 7.12. The lowest BCUT2D eigenvalue weighted by atomic mass is 10.0. The van der Waals surface area contributed by atoms with E-state index >= 15 is 4.39 Å². The molecule has 62 heavy (non-hydrogen) atoms. The fourth-order valence-corrected chi connectivity index (χ4v) is 9.79. The molecular weight excluding hydrogens is 804 g/mol. The van der Waals surface area contributed by atoms with E-state index in [1.807, 2.05) is 71.7 Å². The average molecular weight is 863 g/mol. The number of aryl methyl sites for hydroxylation is 1. The lowest BCUT2D eigenvalue weighted by Gasteiger charge is -2.30. The van der Waals surface area contributed by atoms with E-state index in [2.05, 4.69) is 69.9 Å². The number of aromatic nitrogens is 5. The summed E-state index contributed by atoms with van der Waals surface area (Å²) in [6.45, 7) is 19.4. The van der Waals surface area contributed by atoms with Crippen LogP contribution in [0.15, 0.2) is 60.9 Å². The number of ether oxygens (including phenoxy) is 2. The maximum atomic E-state index is 16.7. The summed E-state index contributed by atoms with van der Waals surface area (Å²) in [5, 5.41) is 4.08. The number of imidazole rings is 2. The highest BCUT2D eigenvalue weighted by Gasteiger charge is 2.50. The van der Waals surface area contributed by atoms with E-state index in [9.17, 15) is 9.59 Å². The van der Waals surface area contributed by atoms with Crippen LogP contribution < -0.4 is 10.1 Å². The Morgan fingerprint density at radius 1 is 0.968 bits per heavy atom. The molecule has 0 saturated heterocycles. The third-order valence-corrected chi connectivity index (χ3v) is 13.5. The molecule has 2 amide bonds. The summed E-state index contributed by atoms with van der Waals surface area (Å²) in [7, 11) is 1.81. The van der Waals surface area contributed by atoms with Crippen molar-refractivity contribution < 1.29 is 23.5 Å². The molecule has 1 aliphatic heterocycles. The van der Waals surface area contributed by atoms with Crippen LogP contribution in [0.2, 0.25) is 0 Å². The van der Waals surface area contributed by atoms with E-state index in [-0.39, 0.29) is 30.0 Å². The minimum absolute atomic E-state index is 0.0260. The summed E-state index contributed by atoms with van der Waals surface area (Å²) >= 11 is 1.69. The Bertz CT molecular complexity index is 2590. The highest BCUT2D eigenvalue weighted by Crippen LogP contribution is 2.48. The van der Waals surface area contributed by atoms with Gasteiger partial charge in [0.2, 0.25) is 12.1 Å². The smallest absolute Gasteiger partial charge is 0.410 e. The van der Waals surface area contributed by atoms with Crippen molar-refractivity contribution in [3.63, 3.8) is 0 Å². The molecule has 4 aromatic heterocycles. The van der Waals surface area contributed by atoms with Gasteiger partial charge < -0.3 is 29.7 Å². The van der Waals surface area contributed by atoms with Crippen molar-refractivity contribution in [1.29, 1.82) is 0 Å². The number of thiophene rings is 1. The van der Waals surface area contributed by atoms with E-state index in [0.29, 0.717) is 71.4 Å². The largest absolute Gasteiger partial charge is 0.464 e. The fourth-order valence-electron chi connectivity index (χ4n) is 8.82. The van der Waals surface area contributed by atoms with Crippen LogP contribution in [0.25, 0.3) is 44.7 Å². The molecule has 0 spiro atoms. The van der Waals surface area contributed by atoms with Gasteiger partial charge in [-0.2, -0.15) is 0 Å². The number of fused-ring (bicyclic) bond motifs is 5. The second kappa shape index (κ2) is 17.0. The predicted octanol–water partition coefficient (Wildman–Crippen LogP) is 10.2. The lowest BCUT2D eigenvalue weighted by molar-refractivity contribution is -0.135. The van der Waals surface area contributed by atoms with Crippen molar-refractivity contribution in [2.45, 2.75) is 112 Å². The number of nitrogens with zero attached hydrogens (tertiary/aromatic N) is 5. The van der Waals surface area contributed by atoms with Crippen LogP contribution in [-0.4, -0.2) is 77.6 Å². The predicted molar refractivity (Wildman–Crippen MR) is 242 cm³/mol. The number of carbonyl (C=O) groups is 2. The molecule has 0 bridgehead atoms. The number of H-pyrrole nitrogens is 2. The second-order valence-corrected chi connectivity index (χ2v) is 19.4. The molecule has 1 saturated carbocycles. The van der Waals surface area contributed by atoms with Gasteiger partial charge in [-0.25, -0.2) is 19.2 Å². The Kier molecular flexibility index (Phi) is 11.8. The molecule has 1 fully saturated rings. The molecule has 0 radical (unpaired) electrons. The molecule has 8 rings (SSSR count). The average Bonchev–Trinajstić information content (AvgIpc) is 3.89. The molecule has 14 heteroatoms. The summed E-state index contributed by atoms with van der Waals surface area (Å²) in [5.74, 6) is 2.22. The summed E-state index contributed by atoms with van der Waals surface area (Å²) in [4.78, 5) is 48.8. The Hall–Kier alpha value is -5.47. The van der Waals surface area contributed by atoms with Crippen LogP contribution >= 0.6 is 11.3 Å². The monoisotopic (exact) mass is 862 g/mol. The fraction of sp³-hybridized carbons (Fsp3) is 0.458. The standard InChI is InChI=1S/C48H59FN8O4S/c1-11-17-55(45(58)43(50-10)26(3)4)24-40-51-23-35(54-40)30-19-33(49)42-37-20-31-18-29(13-15-36(31)57(37)46(60-38(42)21-30)39-16-14-32(12-2)62-39)34-22-52-41(53-34)25-56(44-27(5)28(44)6)47(59)61-48(7,8)9/h13-16,18-23,26-28,43-44,46,50H,11-12,17,24-25H2,1-10H3,(H,51,54)(H,52,53). The van der Waals surface area contributed by atoms with Gasteiger partial charge in [0.1, 0.15) is 28.8 Å². The molecule has 6 aromatic rings. The topological polar surface area (TPSA) is 133 Å². The molecule has 5 heterocycles. The number of hydrogen-bond donors (Lipinski definition) is 3. The van der Waals surface area contributed by atoms with Crippen LogP contribution in [0.5, 0.6) is 5.75 Å². The van der Waals surface area contributed by atoms with E-state index in [1.165, 1.54) is 10.9 Å². The molecule has 328 valence electrons. The van der Waals surface area contributed by atoms with Crippen LogP contribution in [0.1, 0.15) is 96.4 Å². The Balaban J connectivity index is 1.12. The zero-order valence-corrected chi connectivity index (χ0v) is 38.2. The number of likely N-dealkylation sites (N-methyl/N-ethyl adjacent to an activating group) is 1. The Morgan fingerprint density at radius 2 is 1.66 bits per heavy atom. The van der Waals surface area contributed by atoms with Crippen LogP contribution in [0, 0.1) is 23.6 Å². The van der Waals surface area contributed by atoms with Crippen molar-refractivity contribution in [2.75, 3.05) is 13.6 Å². The molecule has 3 N–H and O–H groups in total. The number of halogens is 1. The van der Waals surface area contributed by atoms with E-state index in [1.54, 1.807) is 28.6 Å². The first kappa shape index (κ1) is 43.2. The quantitative estimate of drug-likeness (QED) is 0.0993. The highest BCUT2D eigenvalue weighted by atomic mass is 32.1. The van der Waals surface area contributed by atoms with Gasteiger partial charge in [0.05, 0.1) is 64.6 Å². The van der Waals surface area contributed by atoms with Crippen molar-refractivity contribution in [2.24, 2.45) is 17.8 Å². The second-order valence-electron chi connectivity index (χ2n) is 18.2. The van der Waals surface area contributed by atoms with Gasteiger partial charge in [-0.1, -0.05) is 47.6 Å². The minimum atomic E-state index is -0.609. The molecule has 4 atom stereocenters. The Labute approximate surface area is 367 Å². The molecule has 1 aliphatic carbocycles. The third kappa shape index (κ3) is 8.38. The maximum Gasteiger partial charge on any atom is 0.410 e. The zero-order chi connectivity index (χ0) is 44.2. The van der Waals surface area contributed by atoms with E-state index in [4.69, 9.17) is 14.5 Å². The molecular formula is C48H59FN8O4S. The number of carbonyl (C=O) groups excluding carboxylic acids is 2. The number of benzene rings is 2. The molecule has 2 aliphatic rings. The normalized spacial score (nSPS) is 18.6. The van der Waals surface area contributed by atoms with E-state index < -0.39 is 17.6 Å². The number of nitrogens with one attached hydrogen (secondary N) is 3. The molecule has 4 unspecified atom stereocenters. The van der Waals surface area contributed by atoms with Gasteiger partial charge >= 0.3 is 6.09 Å². The lowest BCUT2D eigenvalue weighted by Crippen LogP contribution is -2.48. The number of amides is 2. The van der Waals surface area contributed by atoms with Crippen molar-refractivity contribution >= 4 is 34.2 Å². The summed E-state index contributed by atoms with van der Waals surface area (Å²) in [6, 6.07) is 15.6. The first-order valence-electron chi connectivity index (χ1n) is 21.9. The summed E-state index contributed by atoms with van der Waals surface area (Å²) < 4.78 is 31.4. The number of rotatable bonds is 14. The number of aromatic amines is 2. The van der Waals surface area contributed by atoms with Crippen molar-refractivity contribution in [1.82, 2.24) is 39.6 Å². The van der Waals surface area contributed by atoms with Crippen molar-refractivity contribution in [3.8, 4) is 39.5 Å². The van der Waals surface area contributed by atoms with Gasteiger partial charge in [-0.15, -0.1) is 11.3 Å². The van der Waals surface area contributed by atoms with Crippen LogP contribution in [-0.2, 0) is 29.0 Å². The molecule has 12 nitrogen and oxygen atoms in total. The summed E-state index contributed by atoms with van der Waals surface area (Å²) in [6.07, 6.45) is 4.32.